The number of ether oxygens (including phenoxy) is 1. The van der Waals surface area contributed by atoms with Gasteiger partial charge in [0, 0.05) is 44.8 Å². The number of aliphatic carboxylic acids is 1. The van der Waals surface area contributed by atoms with Gasteiger partial charge in [-0.1, -0.05) is 6.08 Å². The predicted octanol–water partition coefficient (Wildman–Crippen LogP) is 0.0337. The molecule has 0 bridgehead atoms. The lowest BCUT2D eigenvalue weighted by Crippen LogP contribution is -2.44. The average molecular weight is 240 g/mol. The summed E-state index contributed by atoms with van der Waals surface area (Å²) in [5, 5.41) is 8.52. The number of hydrogen-bond donors (Lipinski definition) is 1. The standard InChI is InChI=1S/C12H20N2O3/c15-12(16)2-1-4-13-5-3-11(10-13)14-6-8-17-9-7-14/h1-2,11H,3-10H2,(H,15,16). The van der Waals surface area contributed by atoms with Crippen molar-refractivity contribution in [1.82, 2.24) is 9.80 Å². The highest BCUT2D eigenvalue weighted by Crippen LogP contribution is 2.16. The van der Waals surface area contributed by atoms with Crippen LogP contribution >= 0.6 is 0 Å². The van der Waals surface area contributed by atoms with Crippen LogP contribution in [0.2, 0.25) is 0 Å². The van der Waals surface area contributed by atoms with E-state index in [0.29, 0.717) is 6.04 Å². The van der Waals surface area contributed by atoms with Crippen LogP contribution in [0.1, 0.15) is 6.42 Å². The maximum atomic E-state index is 10.4. The molecule has 1 atom stereocenters. The molecule has 0 radical (unpaired) electrons. The molecule has 0 saturated carbocycles. The third kappa shape index (κ3) is 3.80. The third-order valence-electron chi connectivity index (χ3n) is 3.43. The highest BCUT2D eigenvalue weighted by atomic mass is 16.5. The summed E-state index contributed by atoms with van der Waals surface area (Å²) < 4.78 is 5.35. The van der Waals surface area contributed by atoms with Crippen molar-refractivity contribution in [3.8, 4) is 0 Å². The monoisotopic (exact) mass is 240 g/mol. The van der Waals surface area contributed by atoms with Crippen LogP contribution in [0.4, 0.5) is 0 Å². The molecule has 0 aromatic heterocycles. The van der Waals surface area contributed by atoms with Crippen LogP contribution < -0.4 is 0 Å². The summed E-state index contributed by atoms with van der Waals surface area (Å²) >= 11 is 0. The molecule has 2 rings (SSSR count). The predicted molar refractivity (Wildman–Crippen MR) is 64.0 cm³/mol. The van der Waals surface area contributed by atoms with E-state index in [1.807, 2.05) is 0 Å². The van der Waals surface area contributed by atoms with Crippen LogP contribution in [0.5, 0.6) is 0 Å². The SMILES string of the molecule is O=C(O)C=CCN1CCC(N2CCOCC2)C1. The van der Waals surface area contributed by atoms with Crippen LogP contribution in [0.25, 0.3) is 0 Å². The van der Waals surface area contributed by atoms with Gasteiger partial charge in [-0.05, 0) is 6.42 Å². The summed E-state index contributed by atoms with van der Waals surface area (Å²) in [6.07, 6.45) is 4.13. The molecule has 2 heterocycles. The molecule has 5 heteroatoms. The van der Waals surface area contributed by atoms with E-state index in [1.54, 1.807) is 6.08 Å². The molecule has 2 aliphatic heterocycles. The lowest BCUT2D eigenvalue weighted by atomic mass is 10.2. The summed E-state index contributed by atoms with van der Waals surface area (Å²) in [5.74, 6) is -0.867. The molecule has 0 aliphatic carbocycles. The van der Waals surface area contributed by atoms with Gasteiger partial charge in [-0.3, -0.25) is 9.80 Å². The van der Waals surface area contributed by atoms with Gasteiger partial charge >= 0.3 is 5.97 Å². The number of hydrogen-bond acceptors (Lipinski definition) is 4. The van der Waals surface area contributed by atoms with Gasteiger partial charge in [-0.2, -0.15) is 0 Å². The minimum Gasteiger partial charge on any atom is -0.478 e. The summed E-state index contributed by atoms with van der Waals surface area (Å²) in [5.41, 5.74) is 0. The zero-order valence-corrected chi connectivity index (χ0v) is 10.0. The van der Waals surface area contributed by atoms with E-state index in [-0.39, 0.29) is 0 Å². The van der Waals surface area contributed by atoms with E-state index in [0.717, 1.165) is 45.9 Å². The first-order valence-corrected chi connectivity index (χ1v) is 6.19. The van der Waals surface area contributed by atoms with E-state index >= 15 is 0 Å². The smallest absolute Gasteiger partial charge is 0.328 e. The number of carboxylic acids is 1. The Morgan fingerprint density at radius 1 is 1.35 bits per heavy atom. The van der Waals surface area contributed by atoms with E-state index in [4.69, 9.17) is 9.84 Å². The maximum Gasteiger partial charge on any atom is 0.328 e. The largest absolute Gasteiger partial charge is 0.478 e. The Balaban J connectivity index is 1.73. The van der Waals surface area contributed by atoms with Gasteiger partial charge in [0.25, 0.3) is 0 Å². The first-order chi connectivity index (χ1) is 8.25. The van der Waals surface area contributed by atoms with Gasteiger partial charge in [0.05, 0.1) is 13.2 Å². The van der Waals surface area contributed by atoms with Gasteiger partial charge in [-0.25, -0.2) is 4.79 Å². The van der Waals surface area contributed by atoms with Crippen molar-refractivity contribution in [2.75, 3.05) is 45.9 Å². The van der Waals surface area contributed by atoms with Gasteiger partial charge in [0.2, 0.25) is 0 Å². The molecule has 96 valence electrons. The van der Waals surface area contributed by atoms with E-state index in [1.165, 1.54) is 12.5 Å². The first-order valence-electron chi connectivity index (χ1n) is 6.19. The van der Waals surface area contributed by atoms with Crippen molar-refractivity contribution < 1.29 is 14.6 Å². The minimum atomic E-state index is -0.867. The van der Waals surface area contributed by atoms with Crippen molar-refractivity contribution in [3.63, 3.8) is 0 Å². The highest BCUT2D eigenvalue weighted by molar-refractivity contribution is 5.79. The molecule has 1 unspecified atom stereocenters. The fraction of sp³-hybridized carbons (Fsp3) is 0.750. The number of rotatable bonds is 4. The number of nitrogens with zero attached hydrogens (tertiary/aromatic N) is 2. The Bertz CT molecular complexity index is 287. The second-order valence-electron chi connectivity index (χ2n) is 4.59. The molecule has 2 aliphatic rings. The molecule has 0 aromatic carbocycles. The van der Waals surface area contributed by atoms with Crippen LogP contribution in [-0.4, -0.2) is 72.9 Å². The van der Waals surface area contributed by atoms with E-state index in [2.05, 4.69) is 9.80 Å². The van der Waals surface area contributed by atoms with Gasteiger partial charge in [0.1, 0.15) is 0 Å². The number of carbonyl (C=O) groups is 1. The quantitative estimate of drug-likeness (QED) is 0.703. The first kappa shape index (κ1) is 12.5. The van der Waals surface area contributed by atoms with Crippen LogP contribution in [0.3, 0.4) is 0 Å². The normalized spacial score (nSPS) is 27.9. The Hall–Kier alpha value is -0.910. The third-order valence-corrected chi connectivity index (χ3v) is 3.43. The van der Waals surface area contributed by atoms with Crippen LogP contribution in [0.15, 0.2) is 12.2 Å². The summed E-state index contributed by atoms with van der Waals surface area (Å²) in [6.45, 7) is 6.60. The van der Waals surface area contributed by atoms with Gasteiger partial charge in [-0.15, -0.1) is 0 Å². The molecule has 0 amide bonds. The lowest BCUT2D eigenvalue weighted by Gasteiger charge is -2.32. The summed E-state index contributed by atoms with van der Waals surface area (Å²) in [7, 11) is 0. The number of carboxylic acid groups (broad SMARTS) is 1. The highest BCUT2D eigenvalue weighted by Gasteiger charge is 2.27. The molecule has 17 heavy (non-hydrogen) atoms. The summed E-state index contributed by atoms with van der Waals surface area (Å²) in [4.78, 5) is 15.2. The van der Waals surface area contributed by atoms with Crippen molar-refractivity contribution in [1.29, 1.82) is 0 Å². The van der Waals surface area contributed by atoms with Crippen molar-refractivity contribution in [3.05, 3.63) is 12.2 Å². The Morgan fingerprint density at radius 2 is 2.12 bits per heavy atom. The Kier molecular flexibility index (Phi) is 4.53. The lowest BCUT2D eigenvalue weighted by molar-refractivity contribution is -0.131. The molecular formula is C12H20N2O3. The second kappa shape index (κ2) is 6.14. The van der Waals surface area contributed by atoms with Crippen molar-refractivity contribution >= 4 is 5.97 Å². The van der Waals surface area contributed by atoms with E-state index in [9.17, 15) is 4.79 Å². The number of likely N-dealkylation sites (tertiary alicyclic amines) is 1. The summed E-state index contributed by atoms with van der Waals surface area (Å²) in [6, 6.07) is 0.622. The maximum absolute atomic E-state index is 10.4. The van der Waals surface area contributed by atoms with Gasteiger partial charge in [0.15, 0.2) is 0 Å². The number of morpholine rings is 1. The van der Waals surface area contributed by atoms with Crippen LogP contribution in [0, 0.1) is 0 Å². The van der Waals surface area contributed by atoms with Gasteiger partial charge < -0.3 is 9.84 Å². The van der Waals surface area contributed by atoms with Crippen LogP contribution in [-0.2, 0) is 9.53 Å². The van der Waals surface area contributed by atoms with Crippen molar-refractivity contribution in [2.24, 2.45) is 0 Å². The molecule has 2 saturated heterocycles. The topological polar surface area (TPSA) is 53.0 Å². The molecule has 5 nitrogen and oxygen atoms in total. The Morgan fingerprint density at radius 3 is 2.82 bits per heavy atom. The average Bonchev–Trinajstić information content (AvgIpc) is 2.78. The molecule has 0 aromatic rings. The zero-order valence-electron chi connectivity index (χ0n) is 10.0. The van der Waals surface area contributed by atoms with Crippen molar-refractivity contribution in [2.45, 2.75) is 12.5 Å². The molecule has 0 spiro atoms. The second-order valence-corrected chi connectivity index (χ2v) is 4.59. The molecule has 2 fully saturated rings. The molecule has 1 N–H and O–H groups in total. The molecular weight excluding hydrogens is 220 g/mol. The fourth-order valence-electron chi connectivity index (χ4n) is 2.52. The Labute approximate surface area is 102 Å². The fourth-order valence-corrected chi connectivity index (χ4v) is 2.52. The minimum absolute atomic E-state index is 0.622. The zero-order chi connectivity index (χ0) is 12.1. The van der Waals surface area contributed by atoms with E-state index < -0.39 is 5.97 Å².